The van der Waals surface area contributed by atoms with Crippen LogP contribution in [0.2, 0.25) is 0 Å². The lowest BCUT2D eigenvalue weighted by Gasteiger charge is -2.29. The second-order valence-corrected chi connectivity index (χ2v) is 5.70. The van der Waals surface area contributed by atoms with E-state index in [2.05, 4.69) is 39.9 Å². The van der Waals surface area contributed by atoms with Crippen LogP contribution < -0.4 is 5.32 Å². The van der Waals surface area contributed by atoms with Crippen molar-refractivity contribution < 1.29 is 4.74 Å². The van der Waals surface area contributed by atoms with Crippen molar-refractivity contribution in [2.24, 2.45) is 0 Å². The van der Waals surface area contributed by atoms with Crippen molar-refractivity contribution in [3.05, 3.63) is 0 Å². The molecular weight excluding hydrogens is 234 g/mol. The molecule has 0 aliphatic rings. The first-order valence-corrected chi connectivity index (χ1v) is 8.58. The molecule has 19 heavy (non-hydrogen) atoms. The van der Waals surface area contributed by atoms with Gasteiger partial charge in [0.25, 0.3) is 0 Å². The van der Waals surface area contributed by atoms with E-state index in [4.69, 9.17) is 4.74 Å². The Morgan fingerprint density at radius 2 is 1.63 bits per heavy atom. The molecule has 0 heterocycles. The Hall–Kier alpha value is -0.0800. The summed E-state index contributed by atoms with van der Waals surface area (Å²) >= 11 is 0. The third-order valence-corrected chi connectivity index (χ3v) is 3.79. The van der Waals surface area contributed by atoms with Gasteiger partial charge in [-0.3, -0.25) is 0 Å². The van der Waals surface area contributed by atoms with Crippen molar-refractivity contribution in [3.63, 3.8) is 0 Å². The molecule has 0 rings (SSSR count). The molecule has 0 fully saturated rings. The zero-order valence-electron chi connectivity index (χ0n) is 14.0. The second kappa shape index (κ2) is 12.9. The lowest BCUT2D eigenvalue weighted by Crippen LogP contribution is -2.42. The van der Waals surface area contributed by atoms with Gasteiger partial charge >= 0.3 is 0 Å². The summed E-state index contributed by atoms with van der Waals surface area (Å²) in [7, 11) is 0. The number of hydrogen-bond donors (Lipinski definition) is 1. The van der Waals surface area contributed by atoms with Crippen molar-refractivity contribution in [1.29, 1.82) is 0 Å². The highest BCUT2D eigenvalue weighted by Crippen LogP contribution is 2.16. The van der Waals surface area contributed by atoms with E-state index in [1.54, 1.807) is 0 Å². The predicted molar refractivity (Wildman–Crippen MR) is 85.8 cm³/mol. The highest BCUT2D eigenvalue weighted by Gasteiger charge is 2.20. The van der Waals surface area contributed by atoms with Gasteiger partial charge in [-0.2, -0.15) is 0 Å². The molecule has 0 aromatic rings. The van der Waals surface area contributed by atoms with Crippen LogP contribution in [0.3, 0.4) is 0 Å². The Morgan fingerprint density at radius 3 is 2.16 bits per heavy atom. The van der Waals surface area contributed by atoms with Crippen molar-refractivity contribution >= 4 is 0 Å². The van der Waals surface area contributed by atoms with Crippen molar-refractivity contribution in [2.45, 2.75) is 104 Å². The van der Waals surface area contributed by atoms with E-state index in [9.17, 15) is 0 Å². The first kappa shape index (κ1) is 18.9. The molecule has 0 saturated heterocycles. The van der Waals surface area contributed by atoms with Crippen LogP contribution in [0.1, 0.15) is 86.0 Å². The summed E-state index contributed by atoms with van der Waals surface area (Å²) in [5, 5.41) is 3.59. The molecule has 0 aromatic carbocycles. The maximum atomic E-state index is 6.28. The van der Waals surface area contributed by atoms with Gasteiger partial charge in [-0.15, -0.1) is 0 Å². The van der Waals surface area contributed by atoms with Crippen LogP contribution in [-0.4, -0.2) is 24.8 Å². The van der Waals surface area contributed by atoms with E-state index in [1.165, 1.54) is 44.9 Å². The molecule has 0 radical (unpaired) electrons. The minimum Gasteiger partial charge on any atom is -0.374 e. The SMILES string of the molecule is CCCCCCC(C)OC(CC)C(CCC)NCC. The average Bonchev–Trinajstić information content (AvgIpc) is 2.41. The fraction of sp³-hybridized carbons (Fsp3) is 1.00. The minimum absolute atomic E-state index is 0.376. The largest absolute Gasteiger partial charge is 0.374 e. The molecule has 0 amide bonds. The molecule has 3 atom stereocenters. The maximum absolute atomic E-state index is 6.28. The molecule has 0 bridgehead atoms. The number of nitrogens with one attached hydrogen (secondary N) is 1. The van der Waals surface area contributed by atoms with E-state index in [0.29, 0.717) is 18.2 Å². The number of unbranched alkanes of at least 4 members (excludes halogenated alkanes) is 3. The first-order valence-electron chi connectivity index (χ1n) is 8.58. The zero-order chi connectivity index (χ0) is 14.5. The average molecular weight is 271 g/mol. The summed E-state index contributed by atoms with van der Waals surface area (Å²) in [4.78, 5) is 0. The summed E-state index contributed by atoms with van der Waals surface area (Å²) in [6, 6.07) is 0.526. The lowest BCUT2D eigenvalue weighted by molar-refractivity contribution is -0.0301. The summed E-state index contributed by atoms with van der Waals surface area (Å²) in [5.74, 6) is 0. The van der Waals surface area contributed by atoms with Crippen LogP contribution in [-0.2, 0) is 4.74 Å². The Kier molecular flexibility index (Phi) is 12.9. The normalized spacial score (nSPS) is 16.3. The molecule has 2 heteroatoms. The van der Waals surface area contributed by atoms with Crippen molar-refractivity contribution in [3.8, 4) is 0 Å². The standard InChI is InChI=1S/C17H37NO/c1-6-10-11-12-14-15(5)19-17(8-3)16(13-7-2)18-9-4/h15-18H,6-14H2,1-5H3. The molecule has 0 spiro atoms. The molecule has 0 aromatic heterocycles. The van der Waals surface area contributed by atoms with E-state index in [0.717, 1.165) is 13.0 Å². The van der Waals surface area contributed by atoms with Gasteiger partial charge < -0.3 is 10.1 Å². The maximum Gasteiger partial charge on any atom is 0.0729 e. The molecule has 3 unspecified atom stereocenters. The fourth-order valence-electron chi connectivity index (χ4n) is 2.69. The Morgan fingerprint density at radius 1 is 0.895 bits per heavy atom. The summed E-state index contributed by atoms with van der Waals surface area (Å²) < 4.78 is 6.28. The topological polar surface area (TPSA) is 21.3 Å². The highest BCUT2D eigenvalue weighted by molar-refractivity contribution is 4.76. The zero-order valence-corrected chi connectivity index (χ0v) is 14.0. The number of ether oxygens (including phenoxy) is 1. The van der Waals surface area contributed by atoms with Gasteiger partial charge in [0.15, 0.2) is 0 Å². The van der Waals surface area contributed by atoms with Crippen LogP contribution in [0.15, 0.2) is 0 Å². The Labute approximate surface area is 121 Å². The second-order valence-electron chi connectivity index (χ2n) is 5.70. The van der Waals surface area contributed by atoms with Crippen LogP contribution in [0.5, 0.6) is 0 Å². The van der Waals surface area contributed by atoms with Crippen LogP contribution >= 0.6 is 0 Å². The van der Waals surface area contributed by atoms with Gasteiger partial charge in [-0.25, -0.2) is 0 Å². The van der Waals surface area contributed by atoms with E-state index >= 15 is 0 Å². The number of likely N-dealkylation sites (N-methyl/N-ethyl adjacent to an activating group) is 1. The Bertz CT molecular complexity index is 178. The molecule has 116 valence electrons. The van der Waals surface area contributed by atoms with Gasteiger partial charge in [0, 0.05) is 6.04 Å². The van der Waals surface area contributed by atoms with Crippen molar-refractivity contribution in [1.82, 2.24) is 5.32 Å². The Balaban J connectivity index is 4.04. The van der Waals surface area contributed by atoms with Gasteiger partial charge in [-0.05, 0) is 32.7 Å². The lowest BCUT2D eigenvalue weighted by atomic mass is 10.0. The fourth-order valence-corrected chi connectivity index (χ4v) is 2.69. The molecule has 0 aliphatic carbocycles. The quantitative estimate of drug-likeness (QED) is 0.480. The summed E-state index contributed by atoms with van der Waals surface area (Å²) in [6.07, 6.45) is 10.9. The van der Waals surface area contributed by atoms with Crippen LogP contribution in [0.4, 0.5) is 0 Å². The number of rotatable bonds is 13. The van der Waals surface area contributed by atoms with Crippen LogP contribution in [0.25, 0.3) is 0 Å². The van der Waals surface area contributed by atoms with Crippen molar-refractivity contribution in [2.75, 3.05) is 6.54 Å². The predicted octanol–water partition coefficient (Wildman–Crippen LogP) is 4.92. The van der Waals surface area contributed by atoms with E-state index in [-0.39, 0.29) is 0 Å². The van der Waals surface area contributed by atoms with Gasteiger partial charge in [-0.1, -0.05) is 59.8 Å². The third-order valence-electron chi connectivity index (χ3n) is 3.79. The molecule has 0 saturated carbocycles. The van der Waals surface area contributed by atoms with Gasteiger partial charge in [0.1, 0.15) is 0 Å². The highest BCUT2D eigenvalue weighted by atomic mass is 16.5. The molecule has 0 aliphatic heterocycles. The molecule has 2 nitrogen and oxygen atoms in total. The molecular formula is C17H37NO. The van der Waals surface area contributed by atoms with Crippen LogP contribution in [0, 0.1) is 0 Å². The first-order chi connectivity index (χ1) is 9.19. The summed E-state index contributed by atoms with van der Waals surface area (Å²) in [6.45, 7) is 12.2. The van der Waals surface area contributed by atoms with E-state index < -0.39 is 0 Å². The monoisotopic (exact) mass is 271 g/mol. The van der Waals surface area contributed by atoms with Gasteiger partial charge in [0.2, 0.25) is 0 Å². The van der Waals surface area contributed by atoms with Gasteiger partial charge in [0.05, 0.1) is 12.2 Å². The minimum atomic E-state index is 0.376. The summed E-state index contributed by atoms with van der Waals surface area (Å²) in [5.41, 5.74) is 0. The molecule has 1 N–H and O–H groups in total. The smallest absolute Gasteiger partial charge is 0.0729 e. The number of hydrogen-bond acceptors (Lipinski definition) is 2. The van der Waals surface area contributed by atoms with E-state index in [1.807, 2.05) is 0 Å². The third kappa shape index (κ3) is 9.45.